The monoisotopic (exact) mass is 269 g/mol. The molecule has 4 nitrogen and oxygen atoms in total. The summed E-state index contributed by atoms with van der Waals surface area (Å²) in [7, 11) is 4.15. The molecule has 0 aliphatic carbocycles. The highest BCUT2D eigenvalue weighted by molar-refractivity contribution is 5.82. The third kappa shape index (κ3) is 5.11. The summed E-state index contributed by atoms with van der Waals surface area (Å²) in [6.45, 7) is 8.30. The summed E-state index contributed by atoms with van der Waals surface area (Å²) >= 11 is 0. The van der Waals surface area contributed by atoms with Crippen LogP contribution < -0.4 is 5.32 Å². The molecule has 1 fully saturated rings. The van der Waals surface area contributed by atoms with Gasteiger partial charge in [0, 0.05) is 12.1 Å². The van der Waals surface area contributed by atoms with Crippen LogP contribution in [0.3, 0.4) is 0 Å². The van der Waals surface area contributed by atoms with Gasteiger partial charge in [-0.2, -0.15) is 0 Å². The molecular weight excluding hydrogens is 238 g/mol. The Morgan fingerprint density at radius 1 is 1.32 bits per heavy atom. The number of nitrogens with zero attached hydrogens (tertiary/aromatic N) is 2. The third-order valence-corrected chi connectivity index (χ3v) is 4.05. The summed E-state index contributed by atoms with van der Waals surface area (Å²) in [5.41, 5.74) is 0. The molecule has 112 valence electrons. The van der Waals surface area contributed by atoms with Gasteiger partial charge in [0.1, 0.15) is 0 Å². The third-order valence-electron chi connectivity index (χ3n) is 4.05. The smallest absolute Gasteiger partial charge is 0.239 e. The van der Waals surface area contributed by atoms with E-state index in [0.717, 1.165) is 32.4 Å². The number of nitrogens with one attached hydrogen (secondary N) is 1. The number of carbonyl (C=O) groups excluding carboxylic acids is 1. The van der Waals surface area contributed by atoms with Crippen LogP contribution in [-0.4, -0.2) is 61.0 Å². The highest BCUT2D eigenvalue weighted by atomic mass is 16.2. The zero-order chi connectivity index (χ0) is 14.4. The maximum atomic E-state index is 12.5. The van der Waals surface area contributed by atoms with Gasteiger partial charge < -0.3 is 15.1 Å². The SMILES string of the molecule is C[C@@H]1CCC[C@H](C)N1C(=O)[C@@H](C)NCCCN(C)C. The van der Waals surface area contributed by atoms with Crippen LogP contribution in [0.15, 0.2) is 0 Å². The Morgan fingerprint density at radius 2 is 1.89 bits per heavy atom. The van der Waals surface area contributed by atoms with E-state index >= 15 is 0 Å². The van der Waals surface area contributed by atoms with Gasteiger partial charge in [-0.15, -0.1) is 0 Å². The number of likely N-dealkylation sites (tertiary alicyclic amines) is 1. The zero-order valence-electron chi connectivity index (χ0n) is 13.3. The number of carbonyl (C=O) groups is 1. The van der Waals surface area contributed by atoms with Gasteiger partial charge in [0.15, 0.2) is 0 Å². The summed E-state index contributed by atoms with van der Waals surface area (Å²) in [6.07, 6.45) is 4.61. The molecule has 0 radical (unpaired) electrons. The fourth-order valence-electron chi connectivity index (χ4n) is 2.88. The number of piperidine rings is 1. The molecule has 1 aliphatic heterocycles. The number of amides is 1. The largest absolute Gasteiger partial charge is 0.336 e. The second-order valence-electron chi connectivity index (χ2n) is 6.21. The summed E-state index contributed by atoms with van der Waals surface area (Å²) < 4.78 is 0. The molecule has 1 N–H and O–H groups in total. The first-order valence-electron chi connectivity index (χ1n) is 7.63. The van der Waals surface area contributed by atoms with Gasteiger partial charge in [0.05, 0.1) is 6.04 Å². The number of rotatable bonds is 6. The van der Waals surface area contributed by atoms with E-state index in [2.05, 4.69) is 43.1 Å². The molecule has 4 heteroatoms. The maximum Gasteiger partial charge on any atom is 0.239 e. The van der Waals surface area contributed by atoms with Crippen LogP contribution in [0.25, 0.3) is 0 Å². The van der Waals surface area contributed by atoms with Crippen LogP contribution >= 0.6 is 0 Å². The van der Waals surface area contributed by atoms with Crippen molar-refractivity contribution in [1.29, 1.82) is 0 Å². The lowest BCUT2D eigenvalue weighted by molar-refractivity contribution is -0.139. The van der Waals surface area contributed by atoms with Crippen molar-refractivity contribution >= 4 is 5.91 Å². The van der Waals surface area contributed by atoms with Gasteiger partial charge >= 0.3 is 0 Å². The predicted molar refractivity (Wildman–Crippen MR) is 80.3 cm³/mol. The molecule has 3 atom stereocenters. The predicted octanol–water partition coefficient (Wildman–Crippen LogP) is 1.71. The van der Waals surface area contributed by atoms with E-state index in [4.69, 9.17) is 0 Å². The van der Waals surface area contributed by atoms with Crippen molar-refractivity contribution < 1.29 is 4.79 Å². The molecule has 1 saturated heterocycles. The molecular formula is C15H31N3O. The van der Waals surface area contributed by atoms with Crippen LogP contribution in [-0.2, 0) is 4.79 Å². The summed E-state index contributed by atoms with van der Waals surface area (Å²) in [6, 6.07) is 0.717. The van der Waals surface area contributed by atoms with Crippen molar-refractivity contribution in [2.24, 2.45) is 0 Å². The van der Waals surface area contributed by atoms with Gasteiger partial charge in [-0.3, -0.25) is 4.79 Å². The quantitative estimate of drug-likeness (QED) is 0.746. The summed E-state index contributed by atoms with van der Waals surface area (Å²) in [5.74, 6) is 0.268. The molecule has 19 heavy (non-hydrogen) atoms. The standard InChI is InChI=1S/C15H31N3O/c1-12-8-6-9-13(2)18(12)15(19)14(3)16-10-7-11-17(4)5/h12-14,16H,6-11H2,1-5H3/t12-,13+,14-/m1/s1. The summed E-state index contributed by atoms with van der Waals surface area (Å²) in [4.78, 5) is 16.8. The van der Waals surface area contributed by atoms with E-state index in [-0.39, 0.29) is 11.9 Å². The molecule has 1 rings (SSSR count). The zero-order valence-corrected chi connectivity index (χ0v) is 13.3. The minimum atomic E-state index is -0.0647. The maximum absolute atomic E-state index is 12.5. The second kappa shape index (κ2) is 7.85. The average Bonchev–Trinajstić information content (AvgIpc) is 2.33. The van der Waals surface area contributed by atoms with Crippen LogP contribution in [0.1, 0.15) is 46.5 Å². The van der Waals surface area contributed by atoms with Crippen LogP contribution in [0.2, 0.25) is 0 Å². The van der Waals surface area contributed by atoms with Crippen molar-refractivity contribution in [3.63, 3.8) is 0 Å². The van der Waals surface area contributed by atoms with Crippen molar-refractivity contribution in [2.75, 3.05) is 27.2 Å². The Kier molecular flexibility index (Phi) is 6.80. The first-order chi connectivity index (χ1) is 8.93. The fourth-order valence-corrected chi connectivity index (χ4v) is 2.88. The van der Waals surface area contributed by atoms with Gasteiger partial charge in [0.25, 0.3) is 0 Å². The van der Waals surface area contributed by atoms with Crippen LogP contribution in [0, 0.1) is 0 Å². The Labute approximate surface area is 118 Å². The lowest BCUT2D eigenvalue weighted by Crippen LogP contribution is -2.54. The lowest BCUT2D eigenvalue weighted by atomic mass is 9.96. The minimum absolute atomic E-state index is 0.0647. The van der Waals surface area contributed by atoms with E-state index in [1.54, 1.807) is 0 Å². The van der Waals surface area contributed by atoms with Crippen LogP contribution in [0.4, 0.5) is 0 Å². The highest BCUT2D eigenvalue weighted by Crippen LogP contribution is 2.23. The number of hydrogen-bond donors (Lipinski definition) is 1. The topological polar surface area (TPSA) is 35.6 Å². The van der Waals surface area contributed by atoms with Gasteiger partial charge in [-0.05, 0) is 73.6 Å². The molecule has 0 spiro atoms. The first-order valence-corrected chi connectivity index (χ1v) is 7.63. The molecule has 0 bridgehead atoms. The molecule has 1 aliphatic rings. The van der Waals surface area contributed by atoms with Crippen molar-refractivity contribution in [1.82, 2.24) is 15.1 Å². The Balaban J connectivity index is 2.38. The van der Waals surface area contributed by atoms with E-state index in [1.807, 2.05) is 6.92 Å². The van der Waals surface area contributed by atoms with Gasteiger partial charge in [-0.25, -0.2) is 0 Å². The molecule has 0 saturated carbocycles. The Bertz CT molecular complexity index is 271. The molecule has 1 amide bonds. The normalized spacial score (nSPS) is 25.7. The van der Waals surface area contributed by atoms with Crippen molar-refractivity contribution in [3.05, 3.63) is 0 Å². The fraction of sp³-hybridized carbons (Fsp3) is 0.933. The van der Waals surface area contributed by atoms with Gasteiger partial charge in [-0.1, -0.05) is 0 Å². The van der Waals surface area contributed by atoms with Crippen LogP contribution in [0.5, 0.6) is 0 Å². The van der Waals surface area contributed by atoms with Crippen molar-refractivity contribution in [2.45, 2.75) is 64.6 Å². The highest BCUT2D eigenvalue weighted by Gasteiger charge is 2.31. The first kappa shape index (κ1) is 16.4. The average molecular weight is 269 g/mol. The van der Waals surface area contributed by atoms with E-state index < -0.39 is 0 Å². The van der Waals surface area contributed by atoms with Crippen molar-refractivity contribution in [3.8, 4) is 0 Å². The Morgan fingerprint density at radius 3 is 2.42 bits per heavy atom. The minimum Gasteiger partial charge on any atom is -0.336 e. The Hall–Kier alpha value is -0.610. The van der Waals surface area contributed by atoms with Gasteiger partial charge in [0.2, 0.25) is 5.91 Å². The molecule has 0 aromatic heterocycles. The second-order valence-corrected chi connectivity index (χ2v) is 6.21. The molecule has 0 aromatic carbocycles. The molecule has 1 heterocycles. The molecule has 0 aromatic rings. The van der Waals surface area contributed by atoms with E-state index in [1.165, 1.54) is 6.42 Å². The number of hydrogen-bond acceptors (Lipinski definition) is 3. The van der Waals surface area contributed by atoms with E-state index in [0.29, 0.717) is 12.1 Å². The molecule has 0 unspecified atom stereocenters. The summed E-state index contributed by atoms with van der Waals surface area (Å²) in [5, 5.41) is 3.36. The van der Waals surface area contributed by atoms with E-state index in [9.17, 15) is 4.79 Å². The lowest BCUT2D eigenvalue weighted by Gasteiger charge is -2.40.